The zero-order valence-corrected chi connectivity index (χ0v) is 15.2. The zero-order valence-electron chi connectivity index (χ0n) is 15.2. The first kappa shape index (κ1) is 21.4. The van der Waals surface area contributed by atoms with Gasteiger partial charge >= 0.3 is 18.3 Å². The van der Waals surface area contributed by atoms with E-state index in [-0.39, 0.29) is 30.6 Å². The maximum atomic E-state index is 13.0. The van der Waals surface area contributed by atoms with Gasteiger partial charge in [-0.05, 0) is 56.3 Å². The zero-order chi connectivity index (χ0) is 21.3. The second kappa shape index (κ2) is 6.10. The molecule has 0 aliphatic heterocycles. The van der Waals surface area contributed by atoms with Gasteiger partial charge in [-0.15, -0.1) is 0 Å². The summed E-state index contributed by atoms with van der Waals surface area (Å²) in [5, 5.41) is 20.3. The van der Waals surface area contributed by atoms with Crippen molar-refractivity contribution in [1.29, 1.82) is 0 Å². The molecule has 0 aromatic heterocycles. The summed E-state index contributed by atoms with van der Waals surface area (Å²) in [4.78, 5) is 12.3. The molecule has 4 fully saturated rings. The van der Waals surface area contributed by atoms with Crippen LogP contribution in [0.2, 0.25) is 0 Å². The van der Waals surface area contributed by atoms with Gasteiger partial charge in [-0.25, -0.2) is 4.79 Å². The van der Waals surface area contributed by atoms with E-state index in [4.69, 9.17) is 4.74 Å². The summed E-state index contributed by atoms with van der Waals surface area (Å²) in [6, 6.07) is 0. The third kappa shape index (κ3) is 2.86. The van der Waals surface area contributed by atoms with E-state index in [0.717, 1.165) is 0 Å². The van der Waals surface area contributed by atoms with Crippen LogP contribution in [0, 0.1) is 17.8 Å². The largest absolute Gasteiger partial charge is 0.456 e. The summed E-state index contributed by atoms with van der Waals surface area (Å²) in [7, 11) is 0. The van der Waals surface area contributed by atoms with Gasteiger partial charge in [0, 0.05) is 0 Å². The van der Waals surface area contributed by atoms with Gasteiger partial charge in [0.15, 0.2) is 0 Å². The number of carbonyl (C=O) groups excluding carboxylic acids is 1. The Morgan fingerprint density at radius 3 is 1.93 bits per heavy atom. The lowest BCUT2D eigenvalue weighted by atomic mass is 9.47. The first-order chi connectivity index (χ1) is 12.6. The number of ether oxygens (including phenoxy) is 1. The number of rotatable bonds is 4. The van der Waals surface area contributed by atoms with Crippen LogP contribution >= 0.6 is 0 Å². The van der Waals surface area contributed by atoms with Gasteiger partial charge in [0.05, 0.1) is 11.2 Å². The predicted molar refractivity (Wildman–Crippen MR) is 83.8 cm³/mol. The van der Waals surface area contributed by atoms with Crippen molar-refractivity contribution in [3.05, 3.63) is 12.2 Å². The molecule has 0 amide bonds. The van der Waals surface area contributed by atoms with Crippen LogP contribution in [0.5, 0.6) is 0 Å². The maximum absolute atomic E-state index is 13.0. The van der Waals surface area contributed by atoms with Crippen LogP contribution in [-0.4, -0.2) is 45.3 Å². The van der Waals surface area contributed by atoms with Crippen LogP contribution in [0.4, 0.5) is 26.3 Å². The second-order valence-electron chi connectivity index (χ2n) is 8.45. The highest BCUT2D eigenvalue weighted by molar-refractivity contribution is 5.91. The van der Waals surface area contributed by atoms with Crippen LogP contribution in [0.15, 0.2) is 12.2 Å². The summed E-state index contributed by atoms with van der Waals surface area (Å²) in [5.41, 5.74) is -9.70. The second-order valence-corrected chi connectivity index (χ2v) is 8.45. The number of alkyl halides is 6. The third-order valence-electron chi connectivity index (χ3n) is 6.93. The summed E-state index contributed by atoms with van der Waals surface area (Å²) >= 11 is 0. The Kier molecular flexibility index (Phi) is 4.67. The van der Waals surface area contributed by atoms with Crippen molar-refractivity contribution in [2.45, 2.75) is 74.6 Å². The Morgan fingerprint density at radius 1 is 1.07 bits per heavy atom. The lowest BCUT2D eigenvalue weighted by Gasteiger charge is -2.62. The van der Waals surface area contributed by atoms with Crippen molar-refractivity contribution < 1.29 is 46.1 Å². The van der Waals surface area contributed by atoms with Crippen molar-refractivity contribution in [2.75, 3.05) is 0 Å². The Morgan fingerprint density at radius 2 is 1.54 bits per heavy atom. The topological polar surface area (TPSA) is 66.8 Å². The fourth-order valence-corrected chi connectivity index (χ4v) is 5.61. The molecular formula is C18H22F6O4. The highest BCUT2D eigenvalue weighted by atomic mass is 19.4. The lowest BCUT2D eigenvalue weighted by molar-refractivity contribution is -0.352. The van der Waals surface area contributed by atoms with Crippen molar-refractivity contribution in [3.8, 4) is 0 Å². The molecule has 0 saturated heterocycles. The van der Waals surface area contributed by atoms with E-state index >= 15 is 0 Å². The van der Waals surface area contributed by atoms with Crippen molar-refractivity contribution >= 4 is 5.97 Å². The van der Waals surface area contributed by atoms with E-state index in [9.17, 15) is 41.4 Å². The Hall–Kier alpha value is -1.29. The molecule has 2 atom stereocenters. The summed E-state index contributed by atoms with van der Waals surface area (Å²) < 4.78 is 83.1. The number of aliphatic hydroxyl groups is 2. The molecule has 4 rings (SSSR count). The van der Waals surface area contributed by atoms with E-state index in [0.29, 0.717) is 25.7 Å². The van der Waals surface area contributed by atoms with Crippen molar-refractivity contribution in [3.63, 3.8) is 0 Å². The molecule has 4 aliphatic carbocycles. The van der Waals surface area contributed by atoms with Gasteiger partial charge in [0.2, 0.25) is 0 Å². The Balaban J connectivity index is 1.85. The summed E-state index contributed by atoms with van der Waals surface area (Å²) in [6.07, 6.45) is -9.91. The first-order valence-electron chi connectivity index (χ1n) is 9.10. The molecule has 0 heterocycles. The Bertz CT molecular complexity index is 653. The number of hydrogen-bond acceptors (Lipinski definition) is 4. The molecule has 2 N–H and O–H groups in total. The van der Waals surface area contributed by atoms with Crippen molar-refractivity contribution in [2.24, 2.45) is 17.8 Å². The van der Waals surface area contributed by atoms with Crippen molar-refractivity contribution in [1.82, 2.24) is 0 Å². The molecule has 0 spiro atoms. The van der Waals surface area contributed by atoms with Crippen LogP contribution in [-0.2, 0) is 9.53 Å². The number of halogens is 6. The number of esters is 1. The molecule has 10 heteroatoms. The van der Waals surface area contributed by atoms with Gasteiger partial charge in [0.1, 0.15) is 5.60 Å². The highest BCUT2D eigenvalue weighted by Crippen LogP contribution is 2.62. The van der Waals surface area contributed by atoms with Crippen LogP contribution in [0.25, 0.3) is 0 Å². The predicted octanol–water partition coefficient (Wildman–Crippen LogP) is 3.66. The monoisotopic (exact) mass is 416 g/mol. The average molecular weight is 416 g/mol. The molecule has 4 nitrogen and oxygen atoms in total. The standard InChI is InChI=1S/C18H22F6O4/c1-3-15(26)11-4-10-5-12(15)8-14(6-10,7-11)28-13(25)9(2)16(27,17(19,20)21)18(22,23)24/h10-12,26-27H,2-8H2,1H3. The maximum Gasteiger partial charge on any atom is 0.430 e. The van der Waals surface area contributed by atoms with Gasteiger partial charge in [-0.1, -0.05) is 13.5 Å². The quantitative estimate of drug-likeness (QED) is 0.417. The first-order valence-corrected chi connectivity index (χ1v) is 9.10. The SMILES string of the molecule is C=C(C(=O)OC12CC3CC(C1)C(O)(CC)C(C3)C2)C(O)(C(F)(F)F)C(F)(F)F. The van der Waals surface area contributed by atoms with Gasteiger partial charge in [-0.3, -0.25) is 0 Å². The van der Waals surface area contributed by atoms with Crippen LogP contribution in [0.3, 0.4) is 0 Å². The highest BCUT2D eigenvalue weighted by Gasteiger charge is 2.74. The average Bonchev–Trinajstić information content (AvgIpc) is 2.55. The van der Waals surface area contributed by atoms with Gasteiger partial charge in [-0.2, -0.15) is 26.3 Å². The minimum atomic E-state index is -6.19. The van der Waals surface area contributed by atoms with E-state index in [2.05, 4.69) is 6.58 Å². The minimum absolute atomic E-state index is 0.0782. The van der Waals surface area contributed by atoms with E-state index in [1.165, 1.54) is 0 Å². The molecular weight excluding hydrogens is 394 g/mol. The lowest BCUT2D eigenvalue weighted by Crippen LogP contribution is -2.65. The minimum Gasteiger partial charge on any atom is -0.456 e. The number of hydrogen-bond donors (Lipinski definition) is 2. The fourth-order valence-electron chi connectivity index (χ4n) is 5.61. The van der Waals surface area contributed by atoms with Gasteiger partial charge in [0.25, 0.3) is 5.60 Å². The Labute approximate surface area is 157 Å². The number of carbonyl (C=O) groups is 1. The molecule has 4 saturated carbocycles. The van der Waals surface area contributed by atoms with Gasteiger partial charge < -0.3 is 14.9 Å². The third-order valence-corrected chi connectivity index (χ3v) is 6.93. The summed E-state index contributed by atoms with van der Waals surface area (Å²) in [5.74, 6) is -2.32. The smallest absolute Gasteiger partial charge is 0.430 e. The van der Waals surface area contributed by atoms with E-state index < -0.39 is 40.7 Å². The molecule has 28 heavy (non-hydrogen) atoms. The van der Waals surface area contributed by atoms with Crippen LogP contribution < -0.4 is 0 Å². The molecule has 4 bridgehead atoms. The summed E-state index contributed by atoms with van der Waals surface area (Å²) in [6.45, 7) is 4.40. The molecule has 2 unspecified atom stereocenters. The van der Waals surface area contributed by atoms with Crippen LogP contribution in [0.1, 0.15) is 45.4 Å². The molecule has 0 aromatic rings. The molecule has 0 radical (unpaired) electrons. The molecule has 160 valence electrons. The fraction of sp³-hybridized carbons (Fsp3) is 0.833. The van der Waals surface area contributed by atoms with E-state index in [1.807, 2.05) is 6.92 Å². The molecule has 0 aromatic carbocycles. The normalized spacial score (nSPS) is 37.8. The molecule has 4 aliphatic rings. The van der Waals surface area contributed by atoms with E-state index in [1.54, 1.807) is 0 Å².